The van der Waals surface area contributed by atoms with E-state index < -0.39 is 23.8 Å². The first-order valence-corrected chi connectivity index (χ1v) is 8.30. The molecule has 1 aromatic rings. The third kappa shape index (κ3) is 7.49. The van der Waals surface area contributed by atoms with Crippen molar-refractivity contribution < 1.29 is 36.6 Å². The Morgan fingerprint density at radius 3 is 2.19 bits per heavy atom. The number of hydrogen-bond acceptors (Lipinski definition) is 3. The molecule has 2 rings (SSSR count). The minimum atomic E-state index is -5.08. The topological polar surface area (TPSA) is 69.6 Å². The summed E-state index contributed by atoms with van der Waals surface area (Å²) in [6.07, 6.45) is -3.08. The van der Waals surface area contributed by atoms with Crippen molar-refractivity contribution in [1.82, 2.24) is 10.2 Å². The molecular formula is C17H21F5N2O3. The smallest absolute Gasteiger partial charge is 0.475 e. The molecule has 5 nitrogen and oxygen atoms in total. The van der Waals surface area contributed by atoms with Crippen LogP contribution in [0.2, 0.25) is 0 Å². The van der Waals surface area contributed by atoms with Crippen molar-refractivity contribution >= 4 is 11.9 Å². The molecule has 0 saturated carbocycles. The van der Waals surface area contributed by atoms with Crippen LogP contribution in [0.3, 0.4) is 0 Å². The van der Waals surface area contributed by atoms with E-state index in [0.717, 1.165) is 38.1 Å². The van der Waals surface area contributed by atoms with E-state index >= 15 is 0 Å². The number of hydrogen-bond donors (Lipinski definition) is 2. The molecule has 0 unspecified atom stereocenters. The Balaban J connectivity index is 0.000000445. The SMILES string of the molecule is CCN(C(=O)Cc1ccc(F)c(F)c1)C1CCNCC1.O=C(O)C(F)(F)F. The first-order valence-electron chi connectivity index (χ1n) is 8.30. The molecule has 0 radical (unpaired) electrons. The van der Waals surface area contributed by atoms with Gasteiger partial charge in [-0.15, -0.1) is 0 Å². The van der Waals surface area contributed by atoms with Gasteiger partial charge in [-0.1, -0.05) is 6.07 Å². The third-order valence-electron chi connectivity index (χ3n) is 3.99. The van der Waals surface area contributed by atoms with Crippen molar-refractivity contribution in [3.8, 4) is 0 Å². The predicted octanol–water partition coefficient (Wildman–Crippen LogP) is 2.74. The quantitative estimate of drug-likeness (QED) is 0.768. The number of halogens is 5. The lowest BCUT2D eigenvalue weighted by Crippen LogP contribution is -2.46. The zero-order chi connectivity index (χ0) is 20.6. The number of likely N-dealkylation sites (N-methyl/N-ethyl adjacent to an activating group) is 1. The standard InChI is InChI=1S/C15H20F2N2O.C2HF3O2/c1-2-19(12-5-7-18-8-6-12)15(20)10-11-3-4-13(16)14(17)9-11;3-2(4,5)1(6)7/h3-4,9,12,18H,2,5-8,10H2,1H3;(H,6,7). The van der Waals surface area contributed by atoms with Crippen LogP contribution in [0.4, 0.5) is 22.0 Å². The molecule has 0 aromatic heterocycles. The number of carbonyl (C=O) groups excluding carboxylic acids is 1. The molecule has 1 aromatic carbocycles. The molecule has 152 valence electrons. The number of piperidine rings is 1. The number of aliphatic carboxylic acids is 1. The lowest BCUT2D eigenvalue weighted by Gasteiger charge is -2.34. The van der Waals surface area contributed by atoms with Crippen molar-refractivity contribution in [2.24, 2.45) is 0 Å². The van der Waals surface area contributed by atoms with Crippen LogP contribution in [-0.4, -0.2) is 53.7 Å². The Morgan fingerprint density at radius 2 is 1.74 bits per heavy atom. The molecular weight excluding hydrogens is 375 g/mol. The lowest BCUT2D eigenvalue weighted by atomic mass is 10.0. The molecule has 10 heteroatoms. The molecule has 0 aliphatic carbocycles. The summed E-state index contributed by atoms with van der Waals surface area (Å²) in [6.45, 7) is 4.43. The average molecular weight is 396 g/mol. The maximum absolute atomic E-state index is 13.2. The van der Waals surface area contributed by atoms with Gasteiger partial charge < -0.3 is 15.3 Å². The molecule has 1 aliphatic heterocycles. The molecule has 1 saturated heterocycles. The van der Waals surface area contributed by atoms with E-state index in [1.54, 1.807) is 0 Å². The first-order chi connectivity index (χ1) is 12.6. The summed E-state index contributed by atoms with van der Waals surface area (Å²) < 4.78 is 57.8. The van der Waals surface area contributed by atoms with Crippen LogP contribution in [0.5, 0.6) is 0 Å². The van der Waals surface area contributed by atoms with E-state index in [2.05, 4.69) is 5.32 Å². The van der Waals surface area contributed by atoms with Crippen molar-refractivity contribution in [3.63, 3.8) is 0 Å². The number of amides is 1. The Kier molecular flexibility index (Phi) is 8.61. The summed E-state index contributed by atoms with van der Waals surface area (Å²) in [5.41, 5.74) is 0.515. The van der Waals surface area contributed by atoms with E-state index in [1.807, 2.05) is 11.8 Å². The van der Waals surface area contributed by atoms with E-state index in [1.165, 1.54) is 6.07 Å². The van der Waals surface area contributed by atoms with E-state index in [0.29, 0.717) is 12.1 Å². The second kappa shape index (κ2) is 10.2. The highest BCUT2D eigenvalue weighted by Crippen LogP contribution is 2.15. The van der Waals surface area contributed by atoms with Crippen LogP contribution in [0, 0.1) is 11.6 Å². The second-order valence-electron chi connectivity index (χ2n) is 5.89. The maximum Gasteiger partial charge on any atom is 0.490 e. The summed E-state index contributed by atoms with van der Waals surface area (Å²) in [6, 6.07) is 3.88. The Labute approximate surface area is 153 Å². The molecule has 27 heavy (non-hydrogen) atoms. The fourth-order valence-corrected chi connectivity index (χ4v) is 2.68. The molecule has 1 heterocycles. The van der Waals surface area contributed by atoms with Gasteiger partial charge >= 0.3 is 12.1 Å². The number of carboxylic acid groups (broad SMARTS) is 1. The van der Waals surface area contributed by atoms with Gasteiger partial charge in [0.25, 0.3) is 0 Å². The number of carboxylic acids is 1. The average Bonchev–Trinajstić information content (AvgIpc) is 2.59. The minimum Gasteiger partial charge on any atom is -0.475 e. The highest BCUT2D eigenvalue weighted by molar-refractivity contribution is 5.79. The number of nitrogens with one attached hydrogen (secondary N) is 1. The highest BCUT2D eigenvalue weighted by atomic mass is 19.4. The molecule has 0 atom stereocenters. The number of rotatable bonds is 4. The van der Waals surface area contributed by atoms with Gasteiger partial charge in [-0.05, 0) is 50.6 Å². The van der Waals surface area contributed by atoms with Crippen LogP contribution in [0.15, 0.2) is 18.2 Å². The molecule has 2 N–H and O–H groups in total. The number of nitrogens with zero attached hydrogens (tertiary/aromatic N) is 1. The lowest BCUT2D eigenvalue weighted by molar-refractivity contribution is -0.192. The molecule has 1 aliphatic rings. The fourth-order valence-electron chi connectivity index (χ4n) is 2.68. The normalized spacial score (nSPS) is 14.9. The summed E-state index contributed by atoms with van der Waals surface area (Å²) in [4.78, 5) is 23.1. The molecule has 1 amide bonds. The Bertz CT molecular complexity index is 646. The summed E-state index contributed by atoms with van der Waals surface area (Å²) in [5, 5.41) is 10.4. The first kappa shape index (κ1) is 22.8. The van der Waals surface area contributed by atoms with Crippen LogP contribution >= 0.6 is 0 Å². The van der Waals surface area contributed by atoms with Gasteiger partial charge in [0.1, 0.15) is 0 Å². The fraction of sp³-hybridized carbons (Fsp3) is 0.529. The minimum absolute atomic E-state index is 0.0228. The third-order valence-corrected chi connectivity index (χ3v) is 3.99. The Hall–Kier alpha value is -2.23. The summed E-state index contributed by atoms with van der Waals surface area (Å²) in [5.74, 6) is -4.56. The van der Waals surface area contributed by atoms with Gasteiger partial charge in [0.05, 0.1) is 6.42 Å². The highest BCUT2D eigenvalue weighted by Gasteiger charge is 2.38. The van der Waals surface area contributed by atoms with Gasteiger partial charge in [0.2, 0.25) is 5.91 Å². The van der Waals surface area contributed by atoms with Crippen molar-refractivity contribution in [3.05, 3.63) is 35.4 Å². The van der Waals surface area contributed by atoms with Crippen molar-refractivity contribution in [1.29, 1.82) is 0 Å². The van der Waals surface area contributed by atoms with Crippen LogP contribution < -0.4 is 5.32 Å². The van der Waals surface area contributed by atoms with Crippen LogP contribution in [0.25, 0.3) is 0 Å². The van der Waals surface area contributed by atoms with Crippen LogP contribution in [0.1, 0.15) is 25.3 Å². The monoisotopic (exact) mass is 396 g/mol. The van der Waals surface area contributed by atoms with E-state index in [4.69, 9.17) is 9.90 Å². The van der Waals surface area contributed by atoms with Gasteiger partial charge in [-0.2, -0.15) is 13.2 Å². The number of benzene rings is 1. The Morgan fingerprint density at radius 1 is 1.19 bits per heavy atom. The van der Waals surface area contributed by atoms with E-state index in [-0.39, 0.29) is 18.4 Å². The largest absolute Gasteiger partial charge is 0.490 e. The predicted molar refractivity (Wildman–Crippen MR) is 87.0 cm³/mol. The molecule has 1 fully saturated rings. The van der Waals surface area contributed by atoms with Gasteiger partial charge in [0, 0.05) is 12.6 Å². The van der Waals surface area contributed by atoms with Crippen LogP contribution in [-0.2, 0) is 16.0 Å². The summed E-state index contributed by atoms with van der Waals surface area (Å²) in [7, 11) is 0. The zero-order valence-corrected chi connectivity index (χ0v) is 14.7. The van der Waals surface area contributed by atoms with Crippen molar-refractivity contribution in [2.75, 3.05) is 19.6 Å². The number of alkyl halides is 3. The van der Waals surface area contributed by atoms with E-state index in [9.17, 15) is 26.7 Å². The van der Waals surface area contributed by atoms with Crippen molar-refractivity contribution in [2.45, 2.75) is 38.4 Å². The second-order valence-corrected chi connectivity index (χ2v) is 5.89. The van der Waals surface area contributed by atoms with Gasteiger partial charge in [-0.25, -0.2) is 13.6 Å². The molecule has 0 bridgehead atoms. The molecule has 0 spiro atoms. The van der Waals surface area contributed by atoms with Gasteiger partial charge in [0.15, 0.2) is 11.6 Å². The van der Waals surface area contributed by atoms with Gasteiger partial charge in [-0.3, -0.25) is 4.79 Å². The summed E-state index contributed by atoms with van der Waals surface area (Å²) >= 11 is 0. The number of carbonyl (C=O) groups is 2. The zero-order valence-electron chi connectivity index (χ0n) is 14.7. The maximum atomic E-state index is 13.2.